The van der Waals surface area contributed by atoms with Gasteiger partial charge in [-0.1, -0.05) is 11.6 Å². The average molecular weight is 382 g/mol. The van der Waals surface area contributed by atoms with Gasteiger partial charge in [0.05, 0.1) is 18.0 Å². The van der Waals surface area contributed by atoms with Crippen molar-refractivity contribution in [2.24, 2.45) is 5.92 Å². The Hall–Kier alpha value is -1.99. The highest BCUT2D eigenvalue weighted by Crippen LogP contribution is 2.36. The number of hydrogen-bond acceptors (Lipinski definition) is 4. The number of fused-ring (bicyclic) bond motifs is 1. The number of anilines is 1. The maximum absolute atomic E-state index is 14.0. The van der Waals surface area contributed by atoms with Crippen LogP contribution in [0.1, 0.15) is 25.7 Å². The van der Waals surface area contributed by atoms with Gasteiger partial charge in [-0.2, -0.15) is 9.78 Å². The predicted octanol–water partition coefficient (Wildman–Crippen LogP) is 3.53. The first kappa shape index (κ1) is 17.4. The molecule has 3 atom stereocenters. The number of benzene rings is 1. The second-order valence-electron chi connectivity index (χ2n) is 6.73. The van der Waals surface area contributed by atoms with E-state index in [2.05, 4.69) is 10.4 Å². The summed E-state index contributed by atoms with van der Waals surface area (Å²) in [5, 5.41) is 7.27. The number of hydrogen-bond donors (Lipinski definition) is 1. The third-order valence-electron chi connectivity index (χ3n) is 5.18. The molecule has 8 heteroatoms. The summed E-state index contributed by atoms with van der Waals surface area (Å²) in [6, 6.07) is 3.08. The molecular weight excluding hydrogens is 364 g/mol. The molecule has 26 heavy (non-hydrogen) atoms. The van der Waals surface area contributed by atoms with E-state index in [0.29, 0.717) is 17.7 Å². The second kappa shape index (κ2) is 6.96. The van der Waals surface area contributed by atoms with Gasteiger partial charge in [0.25, 0.3) is 5.56 Å². The van der Waals surface area contributed by atoms with Crippen molar-refractivity contribution in [3.05, 3.63) is 51.4 Å². The van der Waals surface area contributed by atoms with Gasteiger partial charge in [-0.25, -0.2) is 8.78 Å². The number of rotatable bonds is 3. The lowest BCUT2D eigenvalue weighted by atomic mass is 9.82. The van der Waals surface area contributed by atoms with E-state index < -0.39 is 17.2 Å². The van der Waals surface area contributed by atoms with Gasteiger partial charge in [0.15, 0.2) is 5.82 Å². The highest BCUT2D eigenvalue weighted by atomic mass is 35.5. The zero-order chi connectivity index (χ0) is 18.3. The fraction of sp³-hybridized carbons (Fsp3) is 0.444. The van der Waals surface area contributed by atoms with Gasteiger partial charge >= 0.3 is 0 Å². The number of nitrogens with zero attached hydrogens (tertiary/aromatic N) is 2. The Kier molecular flexibility index (Phi) is 4.67. The topological polar surface area (TPSA) is 56.1 Å². The van der Waals surface area contributed by atoms with Crippen molar-refractivity contribution in [1.82, 2.24) is 9.78 Å². The van der Waals surface area contributed by atoms with Crippen LogP contribution in [0.2, 0.25) is 5.02 Å². The molecule has 2 heterocycles. The third kappa shape index (κ3) is 3.10. The molecule has 0 spiro atoms. The maximum atomic E-state index is 14.0. The lowest BCUT2D eigenvalue weighted by Crippen LogP contribution is -2.38. The first-order valence-corrected chi connectivity index (χ1v) is 9.04. The van der Waals surface area contributed by atoms with Crippen LogP contribution in [-0.2, 0) is 4.74 Å². The molecule has 1 saturated heterocycles. The smallest absolute Gasteiger partial charge is 0.292 e. The standard InChI is InChI=1S/C18H18ClF2N3O2/c19-17-14(23-13-2-1-3-16-11(13)6-7-26-16)9-22-24(18(17)25)15-5-4-10(20)8-12(15)21/h4-5,8-9,11,13,16,23H,1-3,6-7H2. The van der Waals surface area contributed by atoms with E-state index in [0.717, 1.165) is 49.1 Å². The third-order valence-corrected chi connectivity index (χ3v) is 5.54. The molecule has 1 aliphatic heterocycles. The van der Waals surface area contributed by atoms with Crippen LogP contribution in [0.5, 0.6) is 0 Å². The lowest BCUT2D eigenvalue weighted by Gasteiger charge is -2.33. The minimum atomic E-state index is -0.880. The molecular formula is C18H18ClF2N3O2. The summed E-state index contributed by atoms with van der Waals surface area (Å²) in [6.07, 6.45) is 5.71. The molecule has 1 aromatic heterocycles. The minimum Gasteiger partial charge on any atom is -0.379 e. The van der Waals surface area contributed by atoms with Gasteiger partial charge in [0.2, 0.25) is 0 Å². The Balaban J connectivity index is 1.63. The largest absolute Gasteiger partial charge is 0.379 e. The summed E-state index contributed by atoms with van der Waals surface area (Å²) in [6.45, 7) is 0.755. The maximum Gasteiger partial charge on any atom is 0.292 e. The van der Waals surface area contributed by atoms with Crippen molar-refractivity contribution in [2.45, 2.75) is 37.8 Å². The van der Waals surface area contributed by atoms with E-state index in [4.69, 9.17) is 16.3 Å². The fourth-order valence-electron chi connectivity index (χ4n) is 3.91. The summed E-state index contributed by atoms with van der Waals surface area (Å²) in [4.78, 5) is 12.5. The van der Waals surface area contributed by atoms with Gasteiger partial charge < -0.3 is 10.1 Å². The van der Waals surface area contributed by atoms with Crippen molar-refractivity contribution in [1.29, 1.82) is 0 Å². The number of aromatic nitrogens is 2. The van der Waals surface area contributed by atoms with E-state index >= 15 is 0 Å². The summed E-state index contributed by atoms with van der Waals surface area (Å²) < 4.78 is 33.6. The second-order valence-corrected chi connectivity index (χ2v) is 7.11. The molecule has 138 valence electrons. The zero-order valence-electron chi connectivity index (χ0n) is 13.9. The molecule has 2 aromatic rings. The summed E-state index contributed by atoms with van der Waals surface area (Å²) in [5.74, 6) is -1.22. The van der Waals surface area contributed by atoms with Gasteiger partial charge in [0, 0.05) is 24.6 Å². The van der Waals surface area contributed by atoms with Crippen LogP contribution in [0.15, 0.2) is 29.2 Å². The fourth-order valence-corrected chi connectivity index (χ4v) is 4.10. The van der Waals surface area contributed by atoms with Crippen molar-refractivity contribution < 1.29 is 13.5 Å². The molecule has 1 aliphatic carbocycles. The lowest BCUT2D eigenvalue weighted by molar-refractivity contribution is 0.0620. The van der Waals surface area contributed by atoms with E-state index in [1.807, 2.05) is 0 Å². The normalized spacial score (nSPS) is 25.1. The van der Waals surface area contributed by atoms with Crippen LogP contribution >= 0.6 is 11.6 Å². The molecule has 2 fully saturated rings. The van der Waals surface area contributed by atoms with Crippen LogP contribution in [-0.4, -0.2) is 28.5 Å². The minimum absolute atomic E-state index is 0.0650. The van der Waals surface area contributed by atoms with Crippen molar-refractivity contribution in [3.8, 4) is 5.69 Å². The van der Waals surface area contributed by atoms with E-state index in [-0.39, 0.29) is 22.9 Å². The zero-order valence-corrected chi connectivity index (χ0v) is 14.7. The Bertz CT molecular complexity index is 889. The molecule has 3 unspecified atom stereocenters. The van der Waals surface area contributed by atoms with Crippen LogP contribution < -0.4 is 10.9 Å². The van der Waals surface area contributed by atoms with Crippen LogP contribution in [0.4, 0.5) is 14.5 Å². The Morgan fingerprint density at radius 3 is 2.92 bits per heavy atom. The monoisotopic (exact) mass is 381 g/mol. The van der Waals surface area contributed by atoms with Gasteiger partial charge in [-0.15, -0.1) is 0 Å². The molecule has 0 bridgehead atoms. The van der Waals surface area contributed by atoms with Gasteiger partial charge in [0.1, 0.15) is 16.5 Å². The number of halogens is 3. The highest BCUT2D eigenvalue weighted by Gasteiger charge is 2.37. The van der Waals surface area contributed by atoms with Crippen LogP contribution in [0.3, 0.4) is 0 Å². The van der Waals surface area contributed by atoms with E-state index in [9.17, 15) is 13.6 Å². The van der Waals surface area contributed by atoms with E-state index in [1.54, 1.807) is 0 Å². The molecule has 4 rings (SSSR count). The molecule has 1 saturated carbocycles. The molecule has 1 aromatic carbocycles. The number of nitrogens with one attached hydrogen (secondary N) is 1. The first-order chi connectivity index (χ1) is 12.5. The number of ether oxygens (including phenoxy) is 1. The predicted molar refractivity (Wildman–Crippen MR) is 93.9 cm³/mol. The quantitative estimate of drug-likeness (QED) is 0.883. The van der Waals surface area contributed by atoms with Crippen LogP contribution in [0.25, 0.3) is 5.69 Å². The van der Waals surface area contributed by atoms with Crippen LogP contribution in [0, 0.1) is 17.6 Å². The van der Waals surface area contributed by atoms with E-state index in [1.165, 1.54) is 6.20 Å². The summed E-state index contributed by atoms with van der Waals surface area (Å²) >= 11 is 6.23. The van der Waals surface area contributed by atoms with Gasteiger partial charge in [-0.3, -0.25) is 4.79 Å². The Morgan fingerprint density at radius 1 is 1.27 bits per heavy atom. The van der Waals surface area contributed by atoms with Crippen molar-refractivity contribution >= 4 is 17.3 Å². The van der Waals surface area contributed by atoms with Crippen molar-refractivity contribution in [2.75, 3.05) is 11.9 Å². The summed E-state index contributed by atoms with van der Waals surface area (Å²) in [7, 11) is 0. The highest BCUT2D eigenvalue weighted by molar-refractivity contribution is 6.33. The average Bonchev–Trinajstić information content (AvgIpc) is 3.10. The molecule has 2 aliphatic rings. The molecule has 1 N–H and O–H groups in total. The summed E-state index contributed by atoms with van der Waals surface area (Å²) in [5.41, 5.74) is -0.378. The van der Waals surface area contributed by atoms with Gasteiger partial charge in [-0.05, 0) is 37.8 Å². The Labute approximate surface area is 153 Å². The van der Waals surface area contributed by atoms with Crippen molar-refractivity contribution in [3.63, 3.8) is 0 Å². The molecule has 0 radical (unpaired) electrons. The molecule has 0 amide bonds. The Morgan fingerprint density at radius 2 is 2.12 bits per heavy atom. The SMILES string of the molecule is O=c1c(Cl)c(NC2CCCC3OCCC23)cnn1-c1ccc(F)cc1F. The first-order valence-electron chi connectivity index (χ1n) is 8.66. The molecule has 5 nitrogen and oxygen atoms in total.